The molecule has 0 saturated heterocycles. The molecule has 3 aromatic rings. The second-order valence-corrected chi connectivity index (χ2v) is 7.39. The highest BCUT2D eigenvalue weighted by Crippen LogP contribution is 2.36. The fraction of sp³-hybridized carbons (Fsp3) is 0.190. The Morgan fingerprint density at radius 3 is 2.83 bits per heavy atom. The number of methoxy groups -OCH3 is 1. The minimum Gasteiger partial charge on any atom is -0.491 e. The van der Waals surface area contributed by atoms with E-state index in [9.17, 15) is 9.59 Å². The number of hydrogen-bond acceptors (Lipinski definition) is 6. The number of carbonyl (C=O) groups excluding carboxylic acids is 1. The number of carbonyl (C=O) groups is 1. The maximum absolute atomic E-state index is 12.2. The van der Waals surface area contributed by atoms with Crippen LogP contribution in [-0.2, 0) is 16.1 Å². The highest BCUT2D eigenvalue weighted by atomic mass is 79.9. The molecule has 7 nitrogen and oxygen atoms in total. The fourth-order valence-electron chi connectivity index (χ4n) is 2.70. The third-order valence-electron chi connectivity index (χ3n) is 3.99. The molecular weight excluding hydrogens is 476 g/mol. The predicted molar refractivity (Wildman–Crippen MR) is 117 cm³/mol. The van der Waals surface area contributed by atoms with Crippen LogP contribution in [0.15, 0.2) is 51.9 Å². The number of ether oxygens (including phenoxy) is 3. The van der Waals surface area contributed by atoms with Crippen molar-refractivity contribution in [1.82, 2.24) is 9.38 Å². The fourth-order valence-corrected chi connectivity index (χ4v) is 3.34. The summed E-state index contributed by atoms with van der Waals surface area (Å²) in [5.74, 6) is 0.324. The van der Waals surface area contributed by atoms with Gasteiger partial charge in [-0.25, -0.2) is 9.78 Å². The Hall–Kier alpha value is -2.84. The summed E-state index contributed by atoms with van der Waals surface area (Å²) in [6.07, 6.45) is 4.44. The van der Waals surface area contributed by atoms with Gasteiger partial charge in [-0.15, -0.1) is 0 Å². The largest absolute Gasteiger partial charge is 0.491 e. The Bertz CT molecular complexity index is 1180. The van der Waals surface area contributed by atoms with Gasteiger partial charge in [0.05, 0.1) is 24.4 Å². The van der Waals surface area contributed by atoms with Crippen LogP contribution in [0.1, 0.15) is 18.2 Å². The van der Waals surface area contributed by atoms with E-state index >= 15 is 0 Å². The smallest absolute Gasteiger partial charge is 0.331 e. The zero-order valence-electron chi connectivity index (χ0n) is 16.2. The zero-order chi connectivity index (χ0) is 21.7. The van der Waals surface area contributed by atoms with Crippen molar-refractivity contribution in [3.8, 4) is 11.5 Å². The average molecular weight is 494 g/mol. The number of benzene rings is 1. The summed E-state index contributed by atoms with van der Waals surface area (Å²) in [4.78, 5) is 28.6. The van der Waals surface area contributed by atoms with Gasteiger partial charge in [-0.3, -0.25) is 9.20 Å². The molecule has 9 heteroatoms. The summed E-state index contributed by atoms with van der Waals surface area (Å²) >= 11 is 9.51. The number of pyridine rings is 1. The Morgan fingerprint density at radius 1 is 1.30 bits per heavy atom. The molecule has 0 aliphatic rings. The summed E-state index contributed by atoms with van der Waals surface area (Å²) < 4.78 is 18.1. The summed E-state index contributed by atoms with van der Waals surface area (Å²) in [6, 6.07) is 8.16. The van der Waals surface area contributed by atoms with E-state index < -0.39 is 5.97 Å². The maximum atomic E-state index is 12.2. The van der Waals surface area contributed by atoms with Crippen molar-refractivity contribution in [2.75, 3.05) is 13.7 Å². The highest BCUT2D eigenvalue weighted by molar-refractivity contribution is 9.10. The van der Waals surface area contributed by atoms with Crippen LogP contribution in [0.5, 0.6) is 11.5 Å². The van der Waals surface area contributed by atoms with Crippen molar-refractivity contribution < 1.29 is 19.0 Å². The van der Waals surface area contributed by atoms with Crippen molar-refractivity contribution in [2.24, 2.45) is 0 Å². The number of fused-ring (bicyclic) bond motifs is 1. The van der Waals surface area contributed by atoms with Crippen molar-refractivity contribution in [3.63, 3.8) is 0 Å². The van der Waals surface area contributed by atoms with Gasteiger partial charge in [0.2, 0.25) is 0 Å². The molecule has 0 spiro atoms. The van der Waals surface area contributed by atoms with Crippen molar-refractivity contribution in [1.29, 1.82) is 0 Å². The molecule has 0 N–H and O–H groups in total. The molecule has 0 amide bonds. The number of aromatic nitrogens is 2. The second-order valence-electron chi connectivity index (χ2n) is 6.07. The Labute approximate surface area is 186 Å². The van der Waals surface area contributed by atoms with Crippen LogP contribution in [0.3, 0.4) is 0 Å². The lowest BCUT2D eigenvalue weighted by molar-refractivity contribution is -0.139. The van der Waals surface area contributed by atoms with Gasteiger partial charge in [-0.1, -0.05) is 11.6 Å². The van der Waals surface area contributed by atoms with E-state index in [2.05, 4.69) is 20.9 Å². The van der Waals surface area contributed by atoms with Gasteiger partial charge in [0.1, 0.15) is 12.3 Å². The molecule has 0 atom stereocenters. The van der Waals surface area contributed by atoms with Crippen LogP contribution in [0.2, 0.25) is 5.02 Å². The third-order valence-corrected chi connectivity index (χ3v) is 4.74. The van der Waals surface area contributed by atoms with Crippen LogP contribution in [0, 0.1) is 0 Å². The van der Waals surface area contributed by atoms with E-state index in [1.165, 1.54) is 23.7 Å². The topological polar surface area (TPSA) is 79.1 Å². The minimum absolute atomic E-state index is 0.126. The molecule has 0 unspecified atom stereocenters. The number of halogens is 2. The van der Waals surface area contributed by atoms with Gasteiger partial charge < -0.3 is 14.2 Å². The molecule has 0 saturated carbocycles. The summed E-state index contributed by atoms with van der Waals surface area (Å²) in [7, 11) is 1.50. The number of rotatable bonds is 7. The zero-order valence-corrected chi connectivity index (χ0v) is 18.6. The van der Waals surface area contributed by atoms with Gasteiger partial charge in [-0.2, -0.15) is 0 Å². The van der Waals surface area contributed by atoms with Crippen molar-refractivity contribution in [2.45, 2.75) is 13.5 Å². The Balaban J connectivity index is 1.70. The van der Waals surface area contributed by atoms with Gasteiger partial charge in [-0.05, 0) is 58.8 Å². The van der Waals surface area contributed by atoms with E-state index in [-0.39, 0.29) is 12.2 Å². The van der Waals surface area contributed by atoms with Gasteiger partial charge in [0.15, 0.2) is 11.5 Å². The van der Waals surface area contributed by atoms with E-state index in [0.717, 1.165) is 4.47 Å². The van der Waals surface area contributed by atoms with Crippen LogP contribution in [-0.4, -0.2) is 29.1 Å². The highest BCUT2D eigenvalue weighted by Gasteiger charge is 2.11. The summed E-state index contributed by atoms with van der Waals surface area (Å²) in [6.45, 7) is 2.16. The molecule has 0 aliphatic heterocycles. The first-order chi connectivity index (χ1) is 14.4. The van der Waals surface area contributed by atoms with Gasteiger partial charge >= 0.3 is 5.97 Å². The molecule has 0 bridgehead atoms. The molecule has 0 aliphatic carbocycles. The Kier molecular flexibility index (Phi) is 7.12. The molecule has 156 valence electrons. The van der Waals surface area contributed by atoms with E-state index in [0.29, 0.717) is 40.0 Å². The van der Waals surface area contributed by atoms with E-state index in [1.807, 2.05) is 6.92 Å². The third kappa shape index (κ3) is 5.20. The molecule has 2 aromatic heterocycles. The quantitative estimate of drug-likeness (QED) is 0.361. The van der Waals surface area contributed by atoms with E-state index in [1.54, 1.807) is 36.5 Å². The van der Waals surface area contributed by atoms with Crippen molar-refractivity contribution >= 4 is 45.2 Å². The molecule has 0 radical (unpaired) electrons. The van der Waals surface area contributed by atoms with Crippen LogP contribution < -0.4 is 15.0 Å². The SMILES string of the molecule is CCOc1cc(/C=C/C(=O)OCc2cc(=O)n3cc(Br)ccc3n2)cc(Cl)c1OC. The van der Waals surface area contributed by atoms with Crippen LogP contribution in [0.25, 0.3) is 11.7 Å². The molecule has 1 aromatic carbocycles. The first-order valence-corrected chi connectivity index (χ1v) is 10.1. The predicted octanol–water partition coefficient (Wildman–Crippen LogP) is 4.27. The van der Waals surface area contributed by atoms with E-state index in [4.69, 9.17) is 25.8 Å². The molecule has 2 heterocycles. The summed E-state index contributed by atoms with van der Waals surface area (Å²) in [5, 5.41) is 0.365. The lowest BCUT2D eigenvalue weighted by atomic mass is 10.2. The monoisotopic (exact) mass is 492 g/mol. The average Bonchev–Trinajstić information content (AvgIpc) is 2.71. The Morgan fingerprint density at radius 2 is 2.10 bits per heavy atom. The first kappa shape index (κ1) is 21.9. The van der Waals surface area contributed by atoms with Crippen molar-refractivity contribution in [3.05, 3.63) is 73.7 Å². The van der Waals surface area contributed by atoms with Crippen LogP contribution in [0.4, 0.5) is 0 Å². The summed E-state index contributed by atoms with van der Waals surface area (Å²) in [5.41, 5.74) is 1.20. The maximum Gasteiger partial charge on any atom is 0.331 e. The van der Waals surface area contributed by atoms with Gasteiger partial charge in [0, 0.05) is 22.8 Å². The number of nitrogens with zero attached hydrogens (tertiary/aromatic N) is 2. The minimum atomic E-state index is -0.585. The lowest BCUT2D eigenvalue weighted by Gasteiger charge is -2.11. The lowest BCUT2D eigenvalue weighted by Crippen LogP contribution is -2.16. The molecule has 30 heavy (non-hydrogen) atoms. The van der Waals surface area contributed by atoms with Gasteiger partial charge in [0.25, 0.3) is 5.56 Å². The molecular formula is C21H18BrClN2O5. The van der Waals surface area contributed by atoms with Crippen LogP contribution >= 0.6 is 27.5 Å². The normalized spacial score (nSPS) is 11.1. The first-order valence-electron chi connectivity index (χ1n) is 8.94. The molecule has 3 rings (SSSR count). The second kappa shape index (κ2) is 9.77. The number of hydrogen-bond donors (Lipinski definition) is 0. The standard InChI is InChI=1S/C21H18BrClN2O5/c1-3-29-17-9-13(8-16(23)21(17)28-2)4-7-20(27)30-12-15-10-19(26)25-11-14(22)5-6-18(25)24-15/h4-11H,3,12H2,1-2H3/b7-4+. The number of esters is 1. The molecule has 0 fully saturated rings.